The second-order valence-corrected chi connectivity index (χ2v) is 13.2. The van der Waals surface area contributed by atoms with Gasteiger partial charge in [-0.1, -0.05) is 17.4 Å². The molecule has 0 bridgehead atoms. The first-order valence-electron chi connectivity index (χ1n) is 11.3. The summed E-state index contributed by atoms with van der Waals surface area (Å²) in [6.07, 6.45) is 0.516. The van der Waals surface area contributed by atoms with Crippen LogP contribution in [0, 0.1) is 10.1 Å². The van der Waals surface area contributed by atoms with Gasteiger partial charge in [-0.2, -0.15) is 30.0 Å². The van der Waals surface area contributed by atoms with Crippen molar-refractivity contribution in [2.75, 3.05) is 34.5 Å². The molecule has 0 spiro atoms. The quantitative estimate of drug-likeness (QED) is 0.104. The Balaban J connectivity index is 1.90. The monoisotopic (exact) mass is 676 g/mol. The maximum absolute atomic E-state index is 13.4. The molecule has 224 valence electrons. The normalized spacial score (nSPS) is 13.0. The van der Waals surface area contributed by atoms with Crippen molar-refractivity contribution in [3.63, 3.8) is 0 Å². The van der Waals surface area contributed by atoms with Crippen LogP contribution in [0.2, 0.25) is 0 Å². The predicted molar refractivity (Wildman–Crippen MR) is 150 cm³/mol. The maximum atomic E-state index is 13.4. The number of alkyl halides is 5. The lowest BCUT2D eigenvalue weighted by atomic mass is 10.1. The zero-order valence-corrected chi connectivity index (χ0v) is 24.6. The summed E-state index contributed by atoms with van der Waals surface area (Å²) in [5.74, 6) is -0.0902. The summed E-state index contributed by atoms with van der Waals surface area (Å²) in [7, 11) is -10.3. The molecule has 3 rings (SSSR count). The molecule has 0 saturated heterocycles. The summed E-state index contributed by atoms with van der Waals surface area (Å²) in [5, 5.41) is 10.8. The zero-order chi connectivity index (χ0) is 30.4. The summed E-state index contributed by atoms with van der Waals surface area (Å²) in [6.45, 7) is 0.975. The SMILES string of the molecule is O=[N+]([O-])c1sccc1C(Cc1ccc(NS(=O)(=O)C(F)(F)F)nc1)S(=O)(=O)Oc1ccc(N(CCCl)CCCl)cc1. The number of anilines is 2. The number of hydrogen-bond donors (Lipinski definition) is 1. The highest BCUT2D eigenvalue weighted by Crippen LogP contribution is 2.38. The van der Waals surface area contributed by atoms with E-state index >= 15 is 0 Å². The fraction of sp³-hybridized carbons (Fsp3) is 0.318. The van der Waals surface area contributed by atoms with Crippen molar-refractivity contribution in [3.05, 3.63) is 75.3 Å². The number of hydrogen-bond acceptors (Lipinski definition) is 10. The first-order valence-corrected chi connectivity index (χ1v) is 16.2. The maximum Gasteiger partial charge on any atom is 0.516 e. The zero-order valence-electron chi connectivity index (χ0n) is 20.6. The molecule has 0 aliphatic rings. The van der Waals surface area contributed by atoms with Crippen molar-refractivity contribution in [2.24, 2.45) is 0 Å². The largest absolute Gasteiger partial charge is 0.516 e. The molecule has 41 heavy (non-hydrogen) atoms. The smallest absolute Gasteiger partial charge is 0.382 e. The van der Waals surface area contributed by atoms with E-state index < -0.39 is 53.1 Å². The Hall–Kier alpha value is -2.86. The van der Waals surface area contributed by atoms with E-state index in [1.54, 1.807) is 12.1 Å². The summed E-state index contributed by atoms with van der Waals surface area (Å²) in [4.78, 5) is 16.3. The number of nitrogens with one attached hydrogen (secondary N) is 1. The number of aromatic nitrogens is 1. The molecule has 0 amide bonds. The minimum atomic E-state index is -5.73. The van der Waals surface area contributed by atoms with Gasteiger partial charge in [-0.05, 0) is 53.8 Å². The Kier molecular flexibility index (Phi) is 10.7. The van der Waals surface area contributed by atoms with Crippen molar-refractivity contribution in [2.45, 2.75) is 17.2 Å². The number of rotatable bonds is 14. The number of nitrogens with zero attached hydrogens (tertiary/aromatic N) is 3. The van der Waals surface area contributed by atoms with Crippen LogP contribution >= 0.6 is 34.5 Å². The molecule has 3 aromatic rings. The standard InChI is InChI=1S/C22H21Cl2F3N4O7S3/c23-8-10-30(11-9-24)16-2-4-17(5-3-16)38-40(34,35)19(18-7-12-39-21(18)31(32)33)13-15-1-6-20(28-14-15)29-41(36,37)22(25,26)27/h1-7,12,14,19H,8-11,13H2,(H,28,29). The van der Waals surface area contributed by atoms with Crippen LogP contribution in [0.1, 0.15) is 16.4 Å². The number of sulfonamides is 1. The third kappa shape index (κ3) is 8.34. The van der Waals surface area contributed by atoms with Gasteiger partial charge in [0.05, 0.1) is 10.5 Å². The molecular formula is C22H21Cl2F3N4O7S3. The predicted octanol–water partition coefficient (Wildman–Crippen LogP) is 5.29. The van der Waals surface area contributed by atoms with Crippen LogP contribution in [0.4, 0.5) is 29.7 Å². The van der Waals surface area contributed by atoms with Crippen molar-refractivity contribution in [3.8, 4) is 5.75 Å². The molecule has 0 aliphatic carbocycles. The van der Waals surface area contributed by atoms with E-state index in [4.69, 9.17) is 27.4 Å². The summed E-state index contributed by atoms with van der Waals surface area (Å²) in [6, 6.07) is 9.27. The van der Waals surface area contributed by atoms with E-state index in [-0.39, 0.29) is 16.9 Å². The van der Waals surface area contributed by atoms with Crippen molar-refractivity contribution >= 4 is 71.2 Å². The second-order valence-electron chi connectivity index (χ2n) is 8.17. The van der Waals surface area contributed by atoms with Crippen LogP contribution in [-0.4, -0.2) is 57.1 Å². The van der Waals surface area contributed by atoms with Crippen molar-refractivity contribution in [1.29, 1.82) is 0 Å². The van der Waals surface area contributed by atoms with E-state index in [0.717, 1.165) is 18.3 Å². The van der Waals surface area contributed by atoms with Gasteiger partial charge in [0.2, 0.25) is 0 Å². The second kappa shape index (κ2) is 13.4. The van der Waals surface area contributed by atoms with Gasteiger partial charge in [0.1, 0.15) is 16.8 Å². The third-order valence-electron chi connectivity index (χ3n) is 5.45. The lowest BCUT2D eigenvalue weighted by Crippen LogP contribution is -2.30. The van der Waals surface area contributed by atoms with Crippen molar-refractivity contribution in [1.82, 2.24) is 4.98 Å². The van der Waals surface area contributed by atoms with Crippen LogP contribution in [-0.2, 0) is 26.6 Å². The molecule has 2 aromatic heterocycles. The number of benzene rings is 1. The van der Waals surface area contributed by atoms with Gasteiger partial charge in [0, 0.05) is 36.7 Å². The lowest BCUT2D eigenvalue weighted by Gasteiger charge is -2.23. The summed E-state index contributed by atoms with van der Waals surface area (Å²) < 4.78 is 94.1. The van der Waals surface area contributed by atoms with Crippen molar-refractivity contribution < 1.29 is 39.1 Å². The van der Waals surface area contributed by atoms with Crippen LogP contribution in [0.5, 0.6) is 5.75 Å². The third-order valence-corrected chi connectivity index (χ3v) is 9.30. The van der Waals surface area contributed by atoms with E-state index in [9.17, 15) is 40.1 Å². The van der Waals surface area contributed by atoms with Gasteiger partial charge in [-0.15, -0.1) is 23.2 Å². The molecule has 0 fully saturated rings. The lowest BCUT2D eigenvalue weighted by molar-refractivity contribution is -0.380. The number of thiophene rings is 1. The summed E-state index contributed by atoms with van der Waals surface area (Å²) in [5.41, 5.74) is -4.93. The molecule has 19 heteroatoms. The van der Waals surface area contributed by atoms with Crippen LogP contribution in [0.15, 0.2) is 54.0 Å². The molecule has 0 saturated carbocycles. The first kappa shape index (κ1) is 32.7. The summed E-state index contributed by atoms with van der Waals surface area (Å²) >= 11 is 12.3. The highest BCUT2D eigenvalue weighted by Gasteiger charge is 2.46. The fourth-order valence-electron chi connectivity index (χ4n) is 3.57. The van der Waals surface area contributed by atoms with Gasteiger partial charge in [0.25, 0.3) is 0 Å². The molecular weight excluding hydrogens is 656 g/mol. The molecule has 1 unspecified atom stereocenters. The highest BCUT2D eigenvalue weighted by atomic mass is 35.5. The Labute approximate surface area is 247 Å². The topological polar surface area (TPSA) is 149 Å². The fourth-order valence-corrected chi connectivity index (χ4v) is 6.73. The number of pyridine rings is 1. The van der Waals surface area contributed by atoms with Gasteiger partial charge >= 0.3 is 30.7 Å². The van der Waals surface area contributed by atoms with Crippen LogP contribution in [0.25, 0.3) is 0 Å². The van der Waals surface area contributed by atoms with Crippen LogP contribution < -0.4 is 13.8 Å². The molecule has 1 atom stereocenters. The molecule has 0 aliphatic heterocycles. The molecule has 1 aromatic carbocycles. The highest BCUT2D eigenvalue weighted by molar-refractivity contribution is 7.93. The van der Waals surface area contributed by atoms with Gasteiger partial charge < -0.3 is 9.08 Å². The Morgan fingerprint density at radius 2 is 1.68 bits per heavy atom. The Bertz CT molecular complexity index is 1550. The van der Waals surface area contributed by atoms with Gasteiger partial charge in [-0.3, -0.25) is 14.8 Å². The Morgan fingerprint density at radius 1 is 1.05 bits per heavy atom. The molecule has 11 nitrogen and oxygen atoms in total. The molecule has 1 N–H and O–H groups in total. The Morgan fingerprint density at radius 3 is 2.20 bits per heavy atom. The average molecular weight is 678 g/mol. The van der Waals surface area contributed by atoms with E-state index in [1.807, 2.05) is 4.90 Å². The van der Waals surface area contributed by atoms with E-state index in [2.05, 4.69) is 4.98 Å². The average Bonchev–Trinajstić information content (AvgIpc) is 3.37. The van der Waals surface area contributed by atoms with E-state index in [0.29, 0.717) is 41.9 Å². The minimum Gasteiger partial charge on any atom is -0.382 e. The van der Waals surface area contributed by atoms with Crippen LogP contribution in [0.3, 0.4) is 0 Å². The molecule has 0 radical (unpaired) electrons. The molecule has 2 heterocycles. The van der Waals surface area contributed by atoms with Gasteiger partial charge in [0.15, 0.2) is 0 Å². The van der Waals surface area contributed by atoms with E-state index in [1.165, 1.54) is 28.3 Å². The number of halogens is 5. The number of nitro groups is 1. The minimum absolute atomic E-state index is 0.0802. The van der Waals surface area contributed by atoms with Gasteiger partial charge in [-0.25, -0.2) is 4.98 Å². The first-order chi connectivity index (χ1) is 19.2.